The standard InChI is InChI=1S/C17H21N3O2/c1-12-18-15(9-17(21)19-12)13-7-8-20(10-13)11-14-5-3-4-6-16(14)22-2/h3-6,9,13H,7-8,10-11H2,1-2H3,(H,18,19,21)/t13-/m1/s1. The second-order valence-electron chi connectivity index (χ2n) is 5.79. The molecule has 1 saturated heterocycles. The summed E-state index contributed by atoms with van der Waals surface area (Å²) in [6.07, 6.45) is 1.03. The number of hydrogen-bond donors (Lipinski definition) is 1. The van der Waals surface area contributed by atoms with Gasteiger partial charge >= 0.3 is 0 Å². The molecular weight excluding hydrogens is 278 g/mol. The zero-order valence-electron chi connectivity index (χ0n) is 13.0. The monoisotopic (exact) mass is 299 g/mol. The van der Waals surface area contributed by atoms with Crippen molar-refractivity contribution in [3.05, 3.63) is 57.8 Å². The van der Waals surface area contributed by atoms with Crippen LogP contribution in [-0.2, 0) is 6.54 Å². The van der Waals surface area contributed by atoms with Crippen LogP contribution < -0.4 is 10.3 Å². The van der Waals surface area contributed by atoms with E-state index in [9.17, 15) is 4.79 Å². The summed E-state index contributed by atoms with van der Waals surface area (Å²) in [7, 11) is 1.70. The first-order chi connectivity index (χ1) is 10.7. The molecule has 0 unspecified atom stereocenters. The lowest BCUT2D eigenvalue weighted by molar-refractivity contribution is 0.316. The van der Waals surface area contributed by atoms with Crippen LogP contribution >= 0.6 is 0 Å². The maximum Gasteiger partial charge on any atom is 0.251 e. The van der Waals surface area contributed by atoms with E-state index in [-0.39, 0.29) is 5.56 Å². The molecule has 1 aromatic carbocycles. The molecule has 0 saturated carbocycles. The van der Waals surface area contributed by atoms with Gasteiger partial charge in [-0.05, 0) is 26.0 Å². The Kier molecular flexibility index (Phi) is 4.24. The van der Waals surface area contributed by atoms with Gasteiger partial charge in [0, 0.05) is 30.6 Å². The molecule has 5 nitrogen and oxygen atoms in total. The molecule has 2 aromatic rings. The molecule has 0 bridgehead atoms. The van der Waals surface area contributed by atoms with Gasteiger partial charge in [-0.25, -0.2) is 4.98 Å². The fourth-order valence-corrected chi connectivity index (χ4v) is 3.10. The normalized spacial score (nSPS) is 18.5. The zero-order chi connectivity index (χ0) is 15.5. The van der Waals surface area contributed by atoms with Gasteiger partial charge in [-0.3, -0.25) is 9.69 Å². The molecule has 5 heteroatoms. The first kappa shape index (κ1) is 14.8. The molecule has 1 atom stereocenters. The summed E-state index contributed by atoms with van der Waals surface area (Å²) in [5.74, 6) is 1.94. The van der Waals surface area contributed by atoms with E-state index in [1.807, 2.05) is 25.1 Å². The average Bonchev–Trinajstić information content (AvgIpc) is 2.95. The van der Waals surface area contributed by atoms with Gasteiger partial charge in [0.15, 0.2) is 0 Å². The quantitative estimate of drug-likeness (QED) is 0.939. The maximum atomic E-state index is 11.6. The van der Waals surface area contributed by atoms with Crippen LogP contribution in [0.4, 0.5) is 0 Å². The Labute approximate surface area is 130 Å². The topological polar surface area (TPSA) is 58.2 Å². The summed E-state index contributed by atoms with van der Waals surface area (Å²) in [6, 6.07) is 9.74. The smallest absolute Gasteiger partial charge is 0.251 e. The van der Waals surface area contributed by atoms with Crippen molar-refractivity contribution in [2.24, 2.45) is 0 Å². The van der Waals surface area contributed by atoms with E-state index in [4.69, 9.17) is 4.74 Å². The number of aromatic amines is 1. The number of ether oxygens (including phenoxy) is 1. The van der Waals surface area contributed by atoms with Crippen molar-refractivity contribution >= 4 is 0 Å². The summed E-state index contributed by atoms with van der Waals surface area (Å²) >= 11 is 0. The van der Waals surface area contributed by atoms with Crippen LogP contribution in [0.25, 0.3) is 0 Å². The van der Waals surface area contributed by atoms with Crippen LogP contribution in [0.15, 0.2) is 35.1 Å². The van der Waals surface area contributed by atoms with Gasteiger partial charge in [0.1, 0.15) is 11.6 Å². The fraction of sp³-hybridized carbons (Fsp3) is 0.412. The predicted molar refractivity (Wildman–Crippen MR) is 85.2 cm³/mol. The van der Waals surface area contributed by atoms with E-state index in [1.54, 1.807) is 13.2 Å². The van der Waals surface area contributed by atoms with Crippen LogP contribution in [0.1, 0.15) is 29.4 Å². The Balaban J connectivity index is 1.71. The molecule has 0 spiro atoms. The molecule has 1 N–H and O–H groups in total. The SMILES string of the molecule is COc1ccccc1CN1CC[C@@H](c2cc(=O)[nH]c(C)n2)C1. The third-order valence-corrected chi connectivity index (χ3v) is 4.16. The molecule has 0 radical (unpaired) electrons. The highest BCUT2D eigenvalue weighted by molar-refractivity contribution is 5.33. The van der Waals surface area contributed by atoms with E-state index >= 15 is 0 Å². The van der Waals surface area contributed by atoms with Gasteiger partial charge in [-0.2, -0.15) is 0 Å². The first-order valence-electron chi connectivity index (χ1n) is 7.58. The maximum absolute atomic E-state index is 11.6. The van der Waals surface area contributed by atoms with E-state index < -0.39 is 0 Å². The first-order valence-corrected chi connectivity index (χ1v) is 7.58. The molecule has 22 heavy (non-hydrogen) atoms. The van der Waals surface area contributed by atoms with Crippen molar-refractivity contribution in [1.29, 1.82) is 0 Å². The highest BCUT2D eigenvalue weighted by Gasteiger charge is 2.25. The number of aromatic nitrogens is 2. The van der Waals surface area contributed by atoms with Gasteiger partial charge < -0.3 is 9.72 Å². The lowest BCUT2D eigenvalue weighted by Gasteiger charge is -2.17. The highest BCUT2D eigenvalue weighted by atomic mass is 16.5. The minimum Gasteiger partial charge on any atom is -0.496 e. The molecule has 1 aliphatic heterocycles. The Bertz CT molecular complexity index is 711. The largest absolute Gasteiger partial charge is 0.496 e. The predicted octanol–water partition coefficient (Wildman–Crippen LogP) is 2.08. The van der Waals surface area contributed by atoms with Crippen molar-refractivity contribution in [1.82, 2.24) is 14.9 Å². The number of methoxy groups -OCH3 is 1. The minimum atomic E-state index is -0.0642. The Morgan fingerprint density at radius 2 is 2.23 bits per heavy atom. The summed E-state index contributed by atoms with van der Waals surface area (Å²) in [6.45, 7) is 4.62. The van der Waals surface area contributed by atoms with Crippen molar-refractivity contribution in [2.45, 2.75) is 25.8 Å². The molecule has 2 heterocycles. The van der Waals surface area contributed by atoms with Crippen LogP contribution in [0.2, 0.25) is 0 Å². The van der Waals surface area contributed by atoms with Gasteiger partial charge in [0.25, 0.3) is 5.56 Å². The van der Waals surface area contributed by atoms with E-state index in [0.717, 1.165) is 37.5 Å². The Morgan fingerprint density at radius 1 is 1.41 bits per heavy atom. The van der Waals surface area contributed by atoms with Gasteiger partial charge in [-0.1, -0.05) is 18.2 Å². The summed E-state index contributed by atoms with van der Waals surface area (Å²) in [4.78, 5) is 21.2. The number of nitrogens with one attached hydrogen (secondary N) is 1. The lowest BCUT2D eigenvalue weighted by Crippen LogP contribution is -2.21. The lowest BCUT2D eigenvalue weighted by atomic mass is 10.0. The average molecular weight is 299 g/mol. The van der Waals surface area contributed by atoms with Crippen LogP contribution in [0, 0.1) is 6.92 Å². The van der Waals surface area contributed by atoms with Crippen molar-refractivity contribution in [3.8, 4) is 5.75 Å². The highest BCUT2D eigenvalue weighted by Crippen LogP contribution is 2.28. The number of hydrogen-bond acceptors (Lipinski definition) is 4. The molecule has 1 aromatic heterocycles. The molecular formula is C17H21N3O2. The van der Waals surface area contributed by atoms with E-state index in [0.29, 0.717) is 11.7 Å². The second kappa shape index (κ2) is 6.32. The van der Waals surface area contributed by atoms with E-state index in [2.05, 4.69) is 20.9 Å². The van der Waals surface area contributed by atoms with Crippen molar-refractivity contribution < 1.29 is 4.74 Å². The van der Waals surface area contributed by atoms with E-state index in [1.165, 1.54) is 5.56 Å². The third-order valence-electron chi connectivity index (χ3n) is 4.16. The minimum absolute atomic E-state index is 0.0642. The van der Waals surface area contributed by atoms with Gasteiger partial charge in [-0.15, -0.1) is 0 Å². The molecule has 116 valence electrons. The number of rotatable bonds is 4. The molecule has 0 amide bonds. The summed E-state index contributed by atoms with van der Waals surface area (Å²) in [5, 5.41) is 0. The third kappa shape index (κ3) is 3.20. The number of likely N-dealkylation sites (tertiary alicyclic amines) is 1. The fourth-order valence-electron chi connectivity index (χ4n) is 3.10. The number of nitrogens with zero attached hydrogens (tertiary/aromatic N) is 2. The van der Waals surface area contributed by atoms with Crippen LogP contribution in [0.5, 0.6) is 5.75 Å². The van der Waals surface area contributed by atoms with Gasteiger partial charge in [0.2, 0.25) is 0 Å². The summed E-state index contributed by atoms with van der Waals surface area (Å²) in [5.41, 5.74) is 2.04. The zero-order valence-corrected chi connectivity index (χ0v) is 13.0. The molecule has 0 aliphatic carbocycles. The Morgan fingerprint density at radius 3 is 3.00 bits per heavy atom. The molecule has 1 fully saturated rings. The van der Waals surface area contributed by atoms with Crippen LogP contribution in [-0.4, -0.2) is 35.1 Å². The van der Waals surface area contributed by atoms with Crippen LogP contribution in [0.3, 0.4) is 0 Å². The number of H-pyrrole nitrogens is 1. The van der Waals surface area contributed by atoms with Crippen molar-refractivity contribution in [3.63, 3.8) is 0 Å². The Hall–Kier alpha value is -2.14. The van der Waals surface area contributed by atoms with Gasteiger partial charge in [0.05, 0.1) is 12.8 Å². The molecule has 3 rings (SSSR count). The van der Waals surface area contributed by atoms with Crippen molar-refractivity contribution in [2.75, 3.05) is 20.2 Å². The second-order valence-corrected chi connectivity index (χ2v) is 5.79. The summed E-state index contributed by atoms with van der Waals surface area (Å²) < 4.78 is 5.41. The molecule has 1 aliphatic rings. The number of para-hydroxylation sites is 1. The number of aryl methyl sites for hydroxylation is 1. The number of benzene rings is 1.